The number of anilines is 2. The van der Waals surface area contributed by atoms with Crippen LogP contribution in [-0.2, 0) is 16.0 Å². The number of hydrogen-bond acceptors (Lipinski definition) is 4. The fraction of sp³-hybridized carbons (Fsp3) is 0.200. The first-order valence-electron chi connectivity index (χ1n) is 10.1. The Morgan fingerprint density at radius 2 is 1.90 bits per heavy atom. The molecule has 4 aromatic rings. The molecule has 0 saturated heterocycles. The molecule has 5 rings (SSSR count). The quantitative estimate of drug-likeness (QED) is 0.223. The van der Waals surface area contributed by atoms with E-state index < -0.39 is 0 Å². The van der Waals surface area contributed by atoms with E-state index >= 15 is 0 Å². The third-order valence-electron chi connectivity index (χ3n) is 5.69. The summed E-state index contributed by atoms with van der Waals surface area (Å²) in [5.41, 5.74) is 6.56. The average molecular weight is 417 g/mol. The summed E-state index contributed by atoms with van der Waals surface area (Å²) in [7, 11) is 2.10. The van der Waals surface area contributed by atoms with Crippen LogP contribution in [0.4, 0.5) is 11.4 Å². The predicted octanol–water partition coefficient (Wildman–Crippen LogP) is 6.29. The number of rotatable bonds is 4. The van der Waals surface area contributed by atoms with E-state index in [0.29, 0.717) is 11.6 Å². The van der Waals surface area contributed by atoms with Crippen LogP contribution in [0.3, 0.4) is 0 Å². The Morgan fingerprint density at radius 1 is 1.07 bits per heavy atom. The van der Waals surface area contributed by atoms with Crippen molar-refractivity contribution < 1.29 is 9.53 Å². The molecule has 30 heavy (non-hydrogen) atoms. The summed E-state index contributed by atoms with van der Waals surface area (Å²) < 4.78 is 5.11. The normalized spacial score (nSPS) is 12.3. The molecule has 5 heteroatoms. The predicted molar refractivity (Wildman–Crippen MR) is 123 cm³/mol. The first kappa shape index (κ1) is 18.9. The highest BCUT2D eigenvalue weighted by Gasteiger charge is 2.25. The van der Waals surface area contributed by atoms with E-state index in [4.69, 9.17) is 21.3 Å². The zero-order valence-corrected chi connectivity index (χ0v) is 17.7. The van der Waals surface area contributed by atoms with Crippen molar-refractivity contribution >= 4 is 50.6 Å². The number of hydrogen-bond donors (Lipinski definition) is 0. The molecule has 0 amide bonds. The number of fused-ring (bicyclic) bond motifs is 4. The van der Waals surface area contributed by atoms with E-state index in [2.05, 4.69) is 48.3 Å². The highest BCUT2D eigenvalue weighted by Crippen LogP contribution is 2.48. The Balaban J connectivity index is 1.75. The summed E-state index contributed by atoms with van der Waals surface area (Å²) in [6.07, 6.45) is 1.60. The molecule has 1 aliphatic heterocycles. The van der Waals surface area contributed by atoms with Crippen LogP contribution in [0.1, 0.15) is 18.9 Å². The number of pyridine rings is 1. The van der Waals surface area contributed by atoms with Gasteiger partial charge in [0, 0.05) is 35.3 Å². The number of carbonyl (C=O) groups excluding carboxylic acids is 1. The summed E-state index contributed by atoms with van der Waals surface area (Å²) in [6.45, 7) is 1.87. The lowest BCUT2D eigenvalue weighted by molar-refractivity contribution is -0.141. The van der Waals surface area contributed by atoms with Gasteiger partial charge in [-0.2, -0.15) is 0 Å². The minimum Gasteiger partial charge on any atom is -0.466 e. The molecule has 0 radical (unpaired) electrons. The van der Waals surface area contributed by atoms with Gasteiger partial charge in [-0.25, -0.2) is 4.98 Å². The van der Waals surface area contributed by atoms with Crippen LogP contribution in [0.5, 0.6) is 0 Å². The second-order valence-corrected chi connectivity index (χ2v) is 8.12. The molecule has 2 heterocycles. The van der Waals surface area contributed by atoms with Gasteiger partial charge in [-0.1, -0.05) is 35.9 Å². The van der Waals surface area contributed by atoms with E-state index in [-0.39, 0.29) is 5.97 Å². The third-order valence-corrected chi connectivity index (χ3v) is 5.93. The molecule has 1 aromatic heterocycles. The van der Waals surface area contributed by atoms with E-state index in [9.17, 15) is 4.79 Å². The van der Waals surface area contributed by atoms with E-state index in [1.807, 2.05) is 18.2 Å². The van der Waals surface area contributed by atoms with Crippen molar-refractivity contribution in [3.8, 4) is 11.3 Å². The fourth-order valence-corrected chi connectivity index (χ4v) is 4.51. The smallest absolute Gasteiger partial charge is 0.302 e. The summed E-state index contributed by atoms with van der Waals surface area (Å²) in [4.78, 5) is 18.3. The van der Waals surface area contributed by atoms with Crippen LogP contribution >= 0.6 is 11.6 Å². The van der Waals surface area contributed by atoms with Crippen LogP contribution in [0.2, 0.25) is 5.02 Å². The summed E-state index contributed by atoms with van der Waals surface area (Å²) in [6, 6.07) is 18.7. The number of aromatic nitrogens is 1. The van der Waals surface area contributed by atoms with Gasteiger partial charge in [-0.15, -0.1) is 0 Å². The van der Waals surface area contributed by atoms with Crippen molar-refractivity contribution in [3.05, 3.63) is 65.2 Å². The number of nitrogens with zero attached hydrogens (tertiary/aromatic N) is 2. The SMILES string of the molecule is CC(=O)OCCCc1cc2c3c(nc4ccc(Cl)cc4c3c1)-c1ccccc1N2C. The molecule has 0 aliphatic carbocycles. The van der Waals surface area contributed by atoms with Gasteiger partial charge in [-0.3, -0.25) is 4.79 Å². The van der Waals surface area contributed by atoms with Crippen LogP contribution in [0.25, 0.3) is 32.9 Å². The highest BCUT2D eigenvalue weighted by atomic mass is 35.5. The summed E-state index contributed by atoms with van der Waals surface area (Å²) in [5, 5.41) is 4.05. The molecule has 0 fully saturated rings. The Kier molecular flexibility index (Phi) is 4.59. The highest BCUT2D eigenvalue weighted by molar-refractivity contribution is 6.32. The van der Waals surface area contributed by atoms with Gasteiger partial charge >= 0.3 is 5.97 Å². The molecule has 3 aromatic carbocycles. The van der Waals surface area contributed by atoms with Gasteiger partial charge in [0.25, 0.3) is 0 Å². The standard InChI is InChI=1S/C25H21ClN2O2/c1-15(29)30-11-5-6-16-12-20-19-14-17(26)9-10-21(19)27-25-18-7-3-4-8-22(18)28(2)23(13-16)24(20)25/h3-4,7-10,12-14H,5-6,11H2,1-2H3. The lowest BCUT2D eigenvalue weighted by atomic mass is 9.91. The number of esters is 1. The second-order valence-electron chi connectivity index (χ2n) is 7.68. The molecule has 0 N–H and O–H groups in total. The van der Waals surface area contributed by atoms with Crippen LogP contribution < -0.4 is 4.90 Å². The number of halogens is 1. The number of para-hydroxylation sites is 1. The number of benzene rings is 3. The monoisotopic (exact) mass is 416 g/mol. The molecule has 4 nitrogen and oxygen atoms in total. The zero-order valence-electron chi connectivity index (χ0n) is 16.9. The molecule has 150 valence electrons. The molecule has 0 spiro atoms. The maximum Gasteiger partial charge on any atom is 0.302 e. The summed E-state index contributed by atoms with van der Waals surface area (Å²) >= 11 is 6.34. The van der Waals surface area contributed by atoms with E-state index in [1.165, 1.54) is 12.5 Å². The van der Waals surface area contributed by atoms with Crippen LogP contribution in [0, 0.1) is 0 Å². The van der Waals surface area contributed by atoms with Crippen molar-refractivity contribution in [2.24, 2.45) is 0 Å². The lowest BCUT2D eigenvalue weighted by Crippen LogP contribution is -2.16. The van der Waals surface area contributed by atoms with Crippen molar-refractivity contribution in [2.45, 2.75) is 19.8 Å². The van der Waals surface area contributed by atoms with Crippen molar-refractivity contribution in [3.63, 3.8) is 0 Å². The van der Waals surface area contributed by atoms with Crippen molar-refractivity contribution in [1.29, 1.82) is 0 Å². The zero-order chi connectivity index (χ0) is 20.8. The lowest BCUT2D eigenvalue weighted by Gasteiger charge is -2.30. The van der Waals surface area contributed by atoms with Crippen molar-refractivity contribution in [1.82, 2.24) is 4.98 Å². The minimum atomic E-state index is -0.240. The minimum absolute atomic E-state index is 0.240. The first-order valence-corrected chi connectivity index (χ1v) is 10.4. The molecule has 0 bridgehead atoms. The molecule has 1 aliphatic rings. The van der Waals surface area contributed by atoms with Gasteiger partial charge in [0.1, 0.15) is 0 Å². The molecule has 0 atom stereocenters. The first-order chi connectivity index (χ1) is 14.5. The number of aryl methyl sites for hydroxylation is 1. The maximum atomic E-state index is 11.1. The van der Waals surface area contributed by atoms with Crippen molar-refractivity contribution in [2.75, 3.05) is 18.6 Å². The van der Waals surface area contributed by atoms with Gasteiger partial charge in [0.2, 0.25) is 0 Å². The molecular weight excluding hydrogens is 396 g/mol. The molecular formula is C25H21ClN2O2. The summed E-state index contributed by atoms with van der Waals surface area (Å²) in [5.74, 6) is -0.240. The Bertz CT molecular complexity index is 1320. The maximum absolute atomic E-state index is 11.1. The van der Waals surface area contributed by atoms with Crippen LogP contribution in [-0.4, -0.2) is 24.6 Å². The Labute approximate surface area is 180 Å². The molecule has 0 saturated carbocycles. The number of ether oxygens (including phenoxy) is 1. The number of carbonyl (C=O) groups is 1. The Morgan fingerprint density at radius 3 is 2.73 bits per heavy atom. The third kappa shape index (κ3) is 3.08. The average Bonchev–Trinajstić information content (AvgIpc) is 2.74. The Hall–Kier alpha value is -3.11. The molecule has 0 unspecified atom stereocenters. The van der Waals surface area contributed by atoms with Gasteiger partial charge in [0.15, 0.2) is 0 Å². The van der Waals surface area contributed by atoms with E-state index in [1.54, 1.807) is 0 Å². The van der Waals surface area contributed by atoms with E-state index in [0.717, 1.165) is 57.1 Å². The fourth-order valence-electron chi connectivity index (χ4n) is 4.34. The van der Waals surface area contributed by atoms with Gasteiger partial charge in [-0.05, 0) is 54.1 Å². The van der Waals surface area contributed by atoms with Crippen LogP contribution in [0.15, 0.2) is 54.6 Å². The van der Waals surface area contributed by atoms with Gasteiger partial charge < -0.3 is 9.64 Å². The largest absolute Gasteiger partial charge is 0.466 e. The topological polar surface area (TPSA) is 42.4 Å². The second kappa shape index (κ2) is 7.29. The van der Waals surface area contributed by atoms with Gasteiger partial charge in [0.05, 0.1) is 29.2 Å².